The van der Waals surface area contributed by atoms with Crippen LogP contribution in [0.1, 0.15) is 20.3 Å². The molecule has 84 valence electrons. The largest absolute Gasteiger partial charge is 0.340 e. The molecule has 0 N–H and O–H groups in total. The molecular formula is C12H20N2O. The van der Waals surface area contributed by atoms with Crippen LogP contribution in [-0.4, -0.2) is 48.4 Å². The Hall–Kier alpha value is -1.01. The van der Waals surface area contributed by atoms with Crippen LogP contribution >= 0.6 is 0 Å². The molecule has 1 aliphatic rings. The number of hydrogen-bond donors (Lipinski definition) is 0. The number of rotatable bonds is 5. The number of nitrogens with zero attached hydrogens (tertiary/aromatic N) is 2. The molecule has 0 saturated carbocycles. The third kappa shape index (κ3) is 3.24. The van der Waals surface area contributed by atoms with Crippen molar-refractivity contribution in [2.45, 2.75) is 20.3 Å². The van der Waals surface area contributed by atoms with Crippen molar-refractivity contribution < 1.29 is 4.79 Å². The van der Waals surface area contributed by atoms with Crippen LogP contribution in [0.5, 0.6) is 0 Å². The molecule has 3 nitrogen and oxygen atoms in total. The molecule has 0 spiro atoms. The smallest absolute Gasteiger partial charge is 0.223 e. The van der Waals surface area contributed by atoms with Gasteiger partial charge in [0.25, 0.3) is 0 Å². The number of likely N-dealkylation sites (N-methyl/N-ethyl adjacent to an activating group) is 1. The van der Waals surface area contributed by atoms with E-state index in [0.717, 1.165) is 32.7 Å². The van der Waals surface area contributed by atoms with Crippen molar-refractivity contribution in [1.29, 1.82) is 0 Å². The Morgan fingerprint density at radius 1 is 1.53 bits per heavy atom. The second-order valence-electron chi connectivity index (χ2n) is 3.93. The standard InChI is InChI=1S/C12H20N2O/c1-4-11-9-12(15)14(10-11)8-7-13(5-2)6-3/h1,11H,5-10H2,2-3H3. The lowest BCUT2D eigenvalue weighted by Crippen LogP contribution is -2.35. The summed E-state index contributed by atoms with van der Waals surface area (Å²) in [4.78, 5) is 15.8. The van der Waals surface area contributed by atoms with Gasteiger partial charge < -0.3 is 9.80 Å². The minimum Gasteiger partial charge on any atom is -0.340 e. The summed E-state index contributed by atoms with van der Waals surface area (Å²) in [6, 6.07) is 0. The Morgan fingerprint density at radius 2 is 2.20 bits per heavy atom. The number of terminal acetylenes is 1. The van der Waals surface area contributed by atoms with E-state index in [2.05, 4.69) is 24.7 Å². The van der Waals surface area contributed by atoms with E-state index in [0.29, 0.717) is 6.42 Å². The van der Waals surface area contributed by atoms with Crippen molar-refractivity contribution in [2.75, 3.05) is 32.7 Å². The van der Waals surface area contributed by atoms with E-state index >= 15 is 0 Å². The van der Waals surface area contributed by atoms with Gasteiger partial charge in [-0.25, -0.2) is 0 Å². The summed E-state index contributed by atoms with van der Waals surface area (Å²) in [5.41, 5.74) is 0. The molecule has 0 aromatic heterocycles. The predicted octanol–water partition coefficient (Wildman–Crippen LogP) is 0.810. The second-order valence-corrected chi connectivity index (χ2v) is 3.93. The molecular weight excluding hydrogens is 188 g/mol. The van der Waals surface area contributed by atoms with E-state index in [4.69, 9.17) is 6.42 Å². The molecule has 0 radical (unpaired) electrons. The topological polar surface area (TPSA) is 23.6 Å². The van der Waals surface area contributed by atoms with Crippen LogP contribution in [0.25, 0.3) is 0 Å². The Labute approximate surface area is 92.4 Å². The fraction of sp³-hybridized carbons (Fsp3) is 0.750. The fourth-order valence-corrected chi connectivity index (χ4v) is 1.90. The van der Waals surface area contributed by atoms with Gasteiger partial charge in [-0.1, -0.05) is 13.8 Å². The minimum atomic E-state index is 0.134. The molecule has 1 unspecified atom stereocenters. The van der Waals surface area contributed by atoms with Gasteiger partial charge in [-0.2, -0.15) is 0 Å². The van der Waals surface area contributed by atoms with Gasteiger partial charge in [-0.15, -0.1) is 12.3 Å². The Bertz CT molecular complexity index is 253. The number of likely N-dealkylation sites (tertiary alicyclic amines) is 1. The van der Waals surface area contributed by atoms with Gasteiger partial charge in [0.05, 0.1) is 0 Å². The van der Waals surface area contributed by atoms with Crippen molar-refractivity contribution in [3.05, 3.63) is 0 Å². The van der Waals surface area contributed by atoms with Crippen molar-refractivity contribution in [3.8, 4) is 12.3 Å². The average Bonchev–Trinajstić information content (AvgIpc) is 2.61. The second kappa shape index (κ2) is 5.77. The van der Waals surface area contributed by atoms with Gasteiger partial charge in [-0.05, 0) is 13.1 Å². The number of carbonyl (C=O) groups is 1. The third-order valence-electron chi connectivity index (χ3n) is 3.03. The third-order valence-corrected chi connectivity index (χ3v) is 3.03. The Balaban J connectivity index is 2.34. The number of amides is 1. The minimum absolute atomic E-state index is 0.134. The normalized spacial score (nSPS) is 21.1. The van der Waals surface area contributed by atoms with Crippen LogP contribution in [0.2, 0.25) is 0 Å². The highest BCUT2D eigenvalue weighted by Crippen LogP contribution is 2.16. The van der Waals surface area contributed by atoms with Crippen molar-refractivity contribution >= 4 is 5.91 Å². The Morgan fingerprint density at radius 3 is 2.67 bits per heavy atom. The van der Waals surface area contributed by atoms with Crippen LogP contribution in [0.15, 0.2) is 0 Å². The van der Waals surface area contributed by atoms with Crippen molar-refractivity contribution in [1.82, 2.24) is 9.80 Å². The molecule has 1 amide bonds. The molecule has 1 heterocycles. The van der Waals surface area contributed by atoms with Gasteiger partial charge in [0.15, 0.2) is 0 Å². The van der Waals surface area contributed by atoms with E-state index in [1.165, 1.54) is 0 Å². The summed E-state index contributed by atoms with van der Waals surface area (Å²) in [6.07, 6.45) is 5.86. The van der Waals surface area contributed by atoms with Gasteiger partial charge in [0, 0.05) is 32.0 Å². The molecule has 1 fully saturated rings. The molecule has 3 heteroatoms. The molecule has 1 rings (SSSR count). The number of carbonyl (C=O) groups excluding carboxylic acids is 1. The molecule has 0 aromatic rings. The van der Waals surface area contributed by atoms with E-state index in [1.54, 1.807) is 0 Å². The summed E-state index contributed by atoms with van der Waals surface area (Å²) in [6.45, 7) is 8.87. The van der Waals surface area contributed by atoms with E-state index in [-0.39, 0.29) is 11.8 Å². The lowest BCUT2D eigenvalue weighted by atomic mass is 10.1. The summed E-state index contributed by atoms with van der Waals surface area (Å²) in [5, 5.41) is 0. The first-order valence-electron chi connectivity index (χ1n) is 5.67. The van der Waals surface area contributed by atoms with Gasteiger partial charge in [0.2, 0.25) is 5.91 Å². The van der Waals surface area contributed by atoms with Crippen molar-refractivity contribution in [2.24, 2.45) is 5.92 Å². The van der Waals surface area contributed by atoms with Gasteiger partial charge >= 0.3 is 0 Å². The van der Waals surface area contributed by atoms with Crippen LogP contribution in [0.3, 0.4) is 0 Å². The zero-order valence-electron chi connectivity index (χ0n) is 9.70. The molecule has 1 aliphatic heterocycles. The summed E-state index contributed by atoms with van der Waals surface area (Å²) < 4.78 is 0. The highest BCUT2D eigenvalue weighted by Gasteiger charge is 2.27. The maximum absolute atomic E-state index is 11.5. The van der Waals surface area contributed by atoms with Crippen LogP contribution in [0, 0.1) is 18.3 Å². The first-order valence-corrected chi connectivity index (χ1v) is 5.67. The molecule has 0 aromatic carbocycles. The molecule has 0 aliphatic carbocycles. The lowest BCUT2D eigenvalue weighted by Gasteiger charge is -2.22. The highest BCUT2D eigenvalue weighted by molar-refractivity contribution is 5.79. The van der Waals surface area contributed by atoms with Crippen LogP contribution in [-0.2, 0) is 4.79 Å². The average molecular weight is 208 g/mol. The molecule has 1 saturated heterocycles. The van der Waals surface area contributed by atoms with Crippen LogP contribution in [0.4, 0.5) is 0 Å². The first kappa shape index (κ1) is 12.1. The van der Waals surface area contributed by atoms with Crippen molar-refractivity contribution in [3.63, 3.8) is 0 Å². The summed E-state index contributed by atoms with van der Waals surface area (Å²) in [5.74, 6) is 3.01. The SMILES string of the molecule is C#CC1CC(=O)N(CCN(CC)CC)C1. The Kier molecular flexibility index (Phi) is 4.64. The van der Waals surface area contributed by atoms with E-state index < -0.39 is 0 Å². The van der Waals surface area contributed by atoms with E-state index in [1.807, 2.05) is 4.90 Å². The molecule has 15 heavy (non-hydrogen) atoms. The first-order chi connectivity index (χ1) is 7.21. The fourth-order valence-electron chi connectivity index (χ4n) is 1.90. The summed E-state index contributed by atoms with van der Waals surface area (Å²) >= 11 is 0. The van der Waals surface area contributed by atoms with Crippen LogP contribution < -0.4 is 0 Å². The monoisotopic (exact) mass is 208 g/mol. The van der Waals surface area contributed by atoms with Gasteiger partial charge in [-0.3, -0.25) is 4.79 Å². The predicted molar refractivity (Wildman–Crippen MR) is 61.3 cm³/mol. The lowest BCUT2D eigenvalue weighted by molar-refractivity contribution is -0.127. The quantitative estimate of drug-likeness (QED) is 0.624. The van der Waals surface area contributed by atoms with Gasteiger partial charge in [0.1, 0.15) is 0 Å². The maximum Gasteiger partial charge on any atom is 0.223 e. The van der Waals surface area contributed by atoms with E-state index in [9.17, 15) is 4.79 Å². The number of hydrogen-bond acceptors (Lipinski definition) is 2. The molecule has 1 atom stereocenters. The zero-order chi connectivity index (χ0) is 11.3. The summed E-state index contributed by atoms with van der Waals surface area (Å²) in [7, 11) is 0. The highest BCUT2D eigenvalue weighted by atomic mass is 16.2. The zero-order valence-corrected chi connectivity index (χ0v) is 9.70. The maximum atomic E-state index is 11.5. The molecule has 0 bridgehead atoms.